The molecular formula is C25H20N4O2. The van der Waals surface area contributed by atoms with Crippen molar-refractivity contribution in [2.75, 3.05) is 31.2 Å². The summed E-state index contributed by atoms with van der Waals surface area (Å²) in [6.07, 6.45) is 1.74. The highest BCUT2D eigenvalue weighted by molar-refractivity contribution is 5.96. The number of pyridine rings is 1. The number of aromatic nitrogens is 2. The monoisotopic (exact) mass is 408 g/mol. The van der Waals surface area contributed by atoms with Gasteiger partial charge in [-0.2, -0.15) is 0 Å². The topological polar surface area (TPSA) is 63.8 Å². The van der Waals surface area contributed by atoms with Gasteiger partial charge in [0.2, 0.25) is 0 Å². The number of ether oxygens (including phenoxy) is 1. The Hall–Kier alpha value is -3.77. The van der Waals surface area contributed by atoms with Crippen molar-refractivity contribution >= 4 is 33.4 Å². The Morgan fingerprint density at radius 1 is 0.871 bits per heavy atom. The summed E-state index contributed by atoms with van der Waals surface area (Å²) in [5.74, 6) is 1.37. The number of rotatable bonds is 2. The third-order valence-corrected chi connectivity index (χ3v) is 5.62. The van der Waals surface area contributed by atoms with E-state index in [1.165, 1.54) is 0 Å². The molecule has 6 nitrogen and oxygen atoms in total. The minimum Gasteiger partial charge on any atom is -0.453 e. The number of hydrogen-bond acceptors (Lipinski definition) is 6. The number of fused-ring (bicyclic) bond motifs is 4. The molecule has 0 saturated carbocycles. The normalized spacial score (nSPS) is 15.2. The molecule has 0 atom stereocenters. The fourth-order valence-corrected chi connectivity index (χ4v) is 4.08. The Kier molecular flexibility index (Phi) is 4.35. The molecule has 0 spiro atoms. The number of anilines is 1. The van der Waals surface area contributed by atoms with E-state index in [-0.39, 0.29) is 0 Å². The van der Waals surface area contributed by atoms with Gasteiger partial charge in [-0.25, -0.2) is 15.0 Å². The fourth-order valence-electron chi connectivity index (χ4n) is 4.08. The first-order chi connectivity index (χ1) is 15.3. The zero-order chi connectivity index (χ0) is 20.6. The lowest BCUT2D eigenvalue weighted by Gasteiger charge is -2.28. The highest BCUT2D eigenvalue weighted by Gasteiger charge is 2.17. The molecule has 2 aromatic carbocycles. The second kappa shape index (κ2) is 7.49. The van der Waals surface area contributed by atoms with E-state index in [1.54, 1.807) is 6.20 Å². The molecule has 0 bridgehead atoms. The Balaban J connectivity index is 1.58. The average molecular weight is 408 g/mol. The summed E-state index contributed by atoms with van der Waals surface area (Å²) in [5.41, 5.74) is 3.56. The van der Waals surface area contributed by atoms with Crippen molar-refractivity contribution in [2.24, 2.45) is 4.99 Å². The minimum atomic E-state index is 0.662. The van der Waals surface area contributed by atoms with Crippen LogP contribution in [0.4, 0.5) is 11.5 Å². The van der Waals surface area contributed by atoms with Crippen LogP contribution < -0.4 is 10.3 Å². The van der Waals surface area contributed by atoms with Crippen LogP contribution in [0.1, 0.15) is 0 Å². The van der Waals surface area contributed by atoms with Crippen molar-refractivity contribution in [1.82, 2.24) is 9.97 Å². The fraction of sp³-hybridized carbons (Fsp3) is 0.160. The van der Waals surface area contributed by atoms with Gasteiger partial charge in [0.05, 0.1) is 18.6 Å². The second-order valence-electron chi connectivity index (χ2n) is 7.55. The Morgan fingerprint density at radius 3 is 2.55 bits per heavy atom. The molecule has 3 aliphatic rings. The Labute approximate surface area is 178 Å². The van der Waals surface area contributed by atoms with Gasteiger partial charge < -0.3 is 14.1 Å². The van der Waals surface area contributed by atoms with Crippen LogP contribution in [0, 0.1) is 0 Å². The maximum absolute atomic E-state index is 6.36. The van der Waals surface area contributed by atoms with E-state index < -0.39 is 0 Å². The quantitative estimate of drug-likeness (QED) is 0.317. The highest BCUT2D eigenvalue weighted by Crippen LogP contribution is 2.32. The van der Waals surface area contributed by atoms with E-state index in [9.17, 15) is 0 Å². The molecule has 3 heterocycles. The summed E-state index contributed by atoms with van der Waals surface area (Å²) in [7, 11) is 0. The number of benzene rings is 3. The summed E-state index contributed by atoms with van der Waals surface area (Å²) in [4.78, 5) is 16.4. The summed E-state index contributed by atoms with van der Waals surface area (Å²) < 4.78 is 11.8. The largest absolute Gasteiger partial charge is 0.453 e. The smallest absolute Gasteiger partial charge is 0.155 e. The van der Waals surface area contributed by atoms with Crippen LogP contribution in [0.2, 0.25) is 0 Å². The van der Waals surface area contributed by atoms with Crippen LogP contribution in [0.3, 0.4) is 0 Å². The first kappa shape index (κ1) is 18.0. The third kappa shape index (κ3) is 3.31. The van der Waals surface area contributed by atoms with E-state index in [2.05, 4.69) is 34.1 Å². The van der Waals surface area contributed by atoms with Crippen molar-refractivity contribution in [3.8, 4) is 11.5 Å². The lowest BCUT2D eigenvalue weighted by molar-refractivity contribution is 0.122. The molecule has 1 aliphatic carbocycles. The van der Waals surface area contributed by atoms with E-state index >= 15 is 0 Å². The summed E-state index contributed by atoms with van der Waals surface area (Å²) in [6, 6.07) is 22.0. The van der Waals surface area contributed by atoms with Gasteiger partial charge in [0.25, 0.3) is 0 Å². The van der Waals surface area contributed by atoms with Crippen molar-refractivity contribution in [3.05, 3.63) is 78.3 Å². The van der Waals surface area contributed by atoms with Crippen LogP contribution >= 0.6 is 0 Å². The zero-order valence-electron chi connectivity index (χ0n) is 16.9. The lowest BCUT2D eigenvalue weighted by atomic mass is 10.0. The minimum absolute atomic E-state index is 0.662. The van der Waals surface area contributed by atoms with E-state index in [4.69, 9.17) is 19.1 Å². The van der Waals surface area contributed by atoms with E-state index in [0.717, 1.165) is 64.9 Å². The maximum atomic E-state index is 6.36. The van der Waals surface area contributed by atoms with Gasteiger partial charge in [0, 0.05) is 47.9 Å². The van der Waals surface area contributed by atoms with Crippen LogP contribution in [0.25, 0.3) is 33.3 Å². The summed E-state index contributed by atoms with van der Waals surface area (Å²) in [5, 5.41) is 2.85. The number of morpholine rings is 1. The molecule has 0 amide bonds. The molecule has 0 N–H and O–H groups in total. The number of hydrogen-bond donors (Lipinski definition) is 0. The van der Waals surface area contributed by atoms with E-state index in [1.807, 2.05) is 42.5 Å². The molecular weight excluding hydrogens is 388 g/mol. The van der Waals surface area contributed by atoms with Gasteiger partial charge in [0.15, 0.2) is 17.2 Å². The molecule has 3 aromatic rings. The SMILES string of the molecule is c1ccc(/N=c2\cc3oc4cc(N5CCOCC5)ccc4nc-3c3ccccc23)nc1. The number of nitrogens with zero attached hydrogens (tertiary/aromatic N) is 4. The second-order valence-corrected chi connectivity index (χ2v) is 7.55. The van der Waals surface area contributed by atoms with E-state index in [0.29, 0.717) is 11.6 Å². The first-order valence-corrected chi connectivity index (χ1v) is 10.4. The molecule has 2 aliphatic heterocycles. The van der Waals surface area contributed by atoms with Crippen LogP contribution in [-0.2, 0) is 4.74 Å². The van der Waals surface area contributed by atoms with Crippen LogP contribution in [0.15, 0.2) is 82.3 Å². The molecule has 31 heavy (non-hydrogen) atoms. The predicted octanol–water partition coefficient (Wildman–Crippen LogP) is 4.55. The van der Waals surface area contributed by atoms with Crippen LogP contribution in [0.5, 0.6) is 0 Å². The molecule has 0 radical (unpaired) electrons. The Morgan fingerprint density at radius 2 is 1.71 bits per heavy atom. The predicted molar refractivity (Wildman–Crippen MR) is 121 cm³/mol. The van der Waals surface area contributed by atoms with Gasteiger partial charge in [-0.3, -0.25) is 0 Å². The van der Waals surface area contributed by atoms with Crippen molar-refractivity contribution in [1.29, 1.82) is 0 Å². The average Bonchev–Trinajstić information content (AvgIpc) is 2.84. The Bertz CT molecular complexity index is 1420. The van der Waals surface area contributed by atoms with Crippen LogP contribution in [-0.4, -0.2) is 36.3 Å². The highest BCUT2D eigenvalue weighted by atomic mass is 16.5. The maximum Gasteiger partial charge on any atom is 0.155 e. The van der Waals surface area contributed by atoms with Gasteiger partial charge in [-0.05, 0) is 24.3 Å². The van der Waals surface area contributed by atoms with Crippen molar-refractivity contribution in [2.45, 2.75) is 0 Å². The molecule has 152 valence electrons. The zero-order valence-corrected chi connectivity index (χ0v) is 16.9. The van der Waals surface area contributed by atoms with Gasteiger partial charge >= 0.3 is 0 Å². The lowest BCUT2D eigenvalue weighted by Crippen LogP contribution is -2.36. The first-order valence-electron chi connectivity index (χ1n) is 10.4. The molecule has 0 unspecified atom stereocenters. The standard InChI is InChI=1S/C25H20N4O2/c1-2-6-19-18(5-1)21(27-24-7-3-4-10-26-24)16-23-25(19)28-20-9-8-17(15-22(20)31-23)29-11-13-30-14-12-29/h1-10,15-16H,11-14H2/b27-21+. The van der Waals surface area contributed by atoms with Gasteiger partial charge in [0.1, 0.15) is 11.2 Å². The summed E-state index contributed by atoms with van der Waals surface area (Å²) in [6.45, 7) is 3.25. The molecule has 6 heteroatoms. The molecule has 1 aromatic heterocycles. The van der Waals surface area contributed by atoms with Crippen molar-refractivity contribution < 1.29 is 9.15 Å². The third-order valence-electron chi connectivity index (χ3n) is 5.62. The molecule has 1 saturated heterocycles. The van der Waals surface area contributed by atoms with Crippen molar-refractivity contribution in [3.63, 3.8) is 0 Å². The molecule has 6 rings (SSSR count). The molecule has 1 fully saturated rings. The van der Waals surface area contributed by atoms with Gasteiger partial charge in [-0.15, -0.1) is 0 Å². The summed E-state index contributed by atoms with van der Waals surface area (Å²) >= 11 is 0. The van der Waals surface area contributed by atoms with Gasteiger partial charge in [-0.1, -0.05) is 30.3 Å².